The Morgan fingerprint density at radius 1 is 0.594 bits per heavy atom. The van der Waals surface area contributed by atoms with Gasteiger partial charge in [-0.3, -0.25) is 0 Å². The Morgan fingerprint density at radius 2 is 0.906 bits per heavy atom. The van der Waals surface area contributed by atoms with Crippen LogP contribution in [0.4, 0.5) is 0 Å². The van der Waals surface area contributed by atoms with Crippen LogP contribution in [0.2, 0.25) is 0 Å². The normalized spacial score (nSPS) is 18.9. The largest absolute Gasteiger partial charge is 0.378 e. The van der Waals surface area contributed by atoms with Gasteiger partial charge in [-0.25, -0.2) is 0 Å². The molecule has 0 aromatic heterocycles. The van der Waals surface area contributed by atoms with Crippen LogP contribution in [0, 0.1) is 0 Å². The summed E-state index contributed by atoms with van der Waals surface area (Å²) >= 11 is 0. The van der Waals surface area contributed by atoms with Gasteiger partial charge in [0.2, 0.25) is 0 Å². The van der Waals surface area contributed by atoms with Gasteiger partial charge in [0.15, 0.2) is 0 Å². The zero-order valence-electron chi connectivity index (χ0n) is 22.7. The highest BCUT2D eigenvalue weighted by molar-refractivity contribution is 4.96. The molecule has 0 aliphatic carbocycles. The van der Waals surface area contributed by atoms with E-state index in [9.17, 15) is 5.21 Å². The number of ether oxygens (including phenoxy) is 1. The maximum absolute atomic E-state index is 12.4. The molecule has 1 aliphatic rings. The van der Waals surface area contributed by atoms with Gasteiger partial charge in [-0.2, -0.15) is 0 Å². The smallest absolute Gasteiger partial charge is 0.0611 e. The van der Waals surface area contributed by atoms with Gasteiger partial charge in [-0.1, -0.05) is 116 Å². The van der Waals surface area contributed by atoms with Crippen LogP contribution in [-0.4, -0.2) is 28.9 Å². The Kier molecular flexibility index (Phi) is 16.2. The van der Waals surface area contributed by atoms with E-state index in [1.807, 2.05) is 27.7 Å². The lowest BCUT2D eigenvalue weighted by molar-refractivity contribution is -0.301. The van der Waals surface area contributed by atoms with Gasteiger partial charge >= 0.3 is 0 Å². The van der Waals surface area contributed by atoms with Crippen LogP contribution in [0.25, 0.3) is 0 Å². The fourth-order valence-electron chi connectivity index (χ4n) is 5.54. The van der Waals surface area contributed by atoms with Gasteiger partial charge < -0.3 is 4.74 Å². The van der Waals surface area contributed by atoms with Gasteiger partial charge in [0, 0.05) is 17.7 Å². The first-order chi connectivity index (χ1) is 15.3. The molecule has 0 bridgehead atoms. The Balaban J connectivity index is 1.82. The molecule has 0 unspecified atom stereocenters. The number of rotatable bonds is 20. The van der Waals surface area contributed by atoms with Crippen molar-refractivity contribution >= 4 is 0 Å². The van der Waals surface area contributed by atoms with Crippen molar-refractivity contribution in [2.45, 2.75) is 180 Å². The highest BCUT2D eigenvalue weighted by atomic mass is 16.5. The SMILES string of the molecule is CCCCCCCCCCCCCCCCCCCCOC1CC(C)(C)N([O])C(C)(C)C1. The van der Waals surface area contributed by atoms with Crippen molar-refractivity contribution in [3.63, 3.8) is 0 Å². The third kappa shape index (κ3) is 13.6. The molecule has 0 amide bonds. The molecule has 3 heteroatoms. The molecular formula is C29H58NO2. The molecule has 0 spiro atoms. The quantitative estimate of drug-likeness (QED) is 0.172. The first kappa shape index (κ1) is 29.9. The highest BCUT2D eigenvalue weighted by Crippen LogP contribution is 2.38. The van der Waals surface area contributed by atoms with Gasteiger partial charge in [0.05, 0.1) is 6.10 Å². The molecule has 1 aliphatic heterocycles. The second-order valence-electron chi connectivity index (χ2n) is 11.8. The average molecular weight is 453 g/mol. The van der Waals surface area contributed by atoms with Crippen LogP contribution in [0.5, 0.6) is 0 Å². The molecule has 0 aromatic rings. The minimum absolute atomic E-state index is 0.232. The van der Waals surface area contributed by atoms with E-state index in [0.717, 1.165) is 25.9 Å². The van der Waals surface area contributed by atoms with E-state index in [4.69, 9.17) is 4.74 Å². The Morgan fingerprint density at radius 3 is 1.25 bits per heavy atom. The molecule has 191 valence electrons. The van der Waals surface area contributed by atoms with Crippen LogP contribution in [0.1, 0.15) is 163 Å². The van der Waals surface area contributed by atoms with Crippen molar-refractivity contribution in [3.05, 3.63) is 0 Å². The molecule has 0 N–H and O–H groups in total. The summed E-state index contributed by atoms with van der Waals surface area (Å²) in [4.78, 5) is 0. The molecular weight excluding hydrogens is 394 g/mol. The molecule has 0 saturated carbocycles. The topological polar surface area (TPSA) is 32.4 Å². The Labute approximate surface area is 202 Å². The third-order valence-electron chi connectivity index (χ3n) is 7.41. The third-order valence-corrected chi connectivity index (χ3v) is 7.41. The first-order valence-corrected chi connectivity index (χ1v) is 14.4. The minimum atomic E-state index is -0.319. The summed E-state index contributed by atoms with van der Waals surface area (Å²) in [5.74, 6) is 0. The second-order valence-corrected chi connectivity index (χ2v) is 11.8. The molecule has 1 saturated heterocycles. The van der Waals surface area contributed by atoms with Crippen LogP contribution in [0.3, 0.4) is 0 Å². The second kappa shape index (κ2) is 17.3. The Bertz CT molecular complexity index is 417. The maximum Gasteiger partial charge on any atom is 0.0611 e. The van der Waals surface area contributed by atoms with Crippen molar-refractivity contribution < 1.29 is 9.94 Å². The van der Waals surface area contributed by atoms with E-state index in [1.165, 1.54) is 114 Å². The predicted octanol–water partition coefficient (Wildman–Crippen LogP) is 9.41. The zero-order valence-corrected chi connectivity index (χ0v) is 22.7. The number of hydrogen-bond donors (Lipinski definition) is 0. The van der Waals surface area contributed by atoms with Crippen LogP contribution in [0.15, 0.2) is 0 Å². The maximum atomic E-state index is 12.4. The summed E-state index contributed by atoms with van der Waals surface area (Å²) in [5.41, 5.74) is -0.638. The van der Waals surface area contributed by atoms with E-state index >= 15 is 0 Å². The summed E-state index contributed by atoms with van der Waals surface area (Å²) in [6.07, 6.45) is 27.2. The lowest BCUT2D eigenvalue weighted by Crippen LogP contribution is -2.59. The highest BCUT2D eigenvalue weighted by Gasteiger charge is 2.46. The average Bonchev–Trinajstić information content (AvgIpc) is 2.73. The predicted molar refractivity (Wildman–Crippen MR) is 138 cm³/mol. The van der Waals surface area contributed by atoms with Crippen molar-refractivity contribution in [1.82, 2.24) is 5.06 Å². The summed E-state index contributed by atoms with van der Waals surface area (Å²) in [5, 5.41) is 13.7. The zero-order chi connectivity index (χ0) is 23.7. The Hall–Kier alpha value is -0.120. The van der Waals surface area contributed by atoms with E-state index in [1.54, 1.807) is 0 Å². The molecule has 3 nitrogen and oxygen atoms in total. The molecule has 1 fully saturated rings. The molecule has 32 heavy (non-hydrogen) atoms. The monoisotopic (exact) mass is 452 g/mol. The van der Waals surface area contributed by atoms with E-state index < -0.39 is 0 Å². The molecule has 1 heterocycles. The first-order valence-electron chi connectivity index (χ1n) is 14.4. The van der Waals surface area contributed by atoms with Crippen LogP contribution < -0.4 is 0 Å². The van der Waals surface area contributed by atoms with Gasteiger partial charge in [-0.15, -0.1) is 10.3 Å². The fraction of sp³-hybridized carbons (Fsp3) is 1.00. The van der Waals surface area contributed by atoms with Crippen LogP contribution >= 0.6 is 0 Å². The molecule has 1 radical (unpaired) electrons. The number of nitrogens with zero attached hydrogens (tertiary/aromatic N) is 1. The summed E-state index contributed by atoms with van der Waals surface area (Å²) < 4.78 is 6.17. The van der Waals surface area contributed by atoms with E-state index in [2.05, 4.69) is 6.92 Å². The van der Waals surface area contributed by atoms with Crippen molar-refractivity contribution in [3.8, 4) is 0 Å². The van der Waals surface area contributed by atoms with Gasteiger partial charge in [0.25, 0.3) is 0 Å². The summed E-state index contributed by atoms with van der Waals surface area (Å²) in [6.45, 7) is 11.3. The van der Waals surface area contributed by atoms with E-state index in [0.29, 0.717) is 0 Å². The fourth-order valence-corrected chi connectivity index (χ4v) is 5.54. The lowest BCUT2D eigenvalue weighted by atomic mass is 9.80. The van der Waals surface area contributed by atoms with Gasteiger partial charge in [0.1, 0.15) is 0 Å². The van der Waals surface area contributed by atoms with Crippen molar-refractivity contribution in [1.29, 1.82) is 0 Å². The van der Waals surface area contributed by atoms with E-state index in [-0.39, 0.29) is 17.2 Å². The van der Waals surface area contributed by atoms with Crippen LogP contribution in [-0.2, 0) is 9.94 Å². The van der Waals surface area contributed by atoms with Crippen molar-refractivity contribution in [2.75, 3.05) is 6.61 Å². The molecule has 0 aromatic carbocycles. The molecule has 1 rings (SSSR count). The number of hydroxylamine groups is 2. The molecule has 0 atom stereocenters. The van der Waals surface area contributed by atoms with Crippen molar-refractivity contribution in [2.24, 2.45) is 0 Å². The number of piperidine rings is 1. The standard InChI is InChI=1S/C29H58NO2/c1-6-7-8-9-10-11-12-13-14-15-16-17-18-19-20-21-22-23-24-32-27-25-28(2,3)30(31)29(4,5)26-27/h27H,6-26H2,1-5H3. The van der Waals surface area contributed by atoms with Gasteiger partial charge in [-0.05, 0) is 47.0 Å². The minimum Gasteiger partial charge on any atom is -0.378 e. The number of hydrogen-bond acceptors (Lipinski definition) is 2. The lowest BCUT2D eigenvalue weighted by Gasteiger charge is -2.49. The summed E-state index contributed by atoms with van der Waals surface area (Å²) in [6, 6.07) is 0. The number of unbranched alkanes of at least 4 members (excludes halogenated alkanes) is 17. The summed E-state index contributed by atoms with van der Waals surface area (Å²) in [7, 11) is 0.